The van der Waals surface area contributed by atoms with Gasteiger partial charge >= 0.3 is 6.18 Å². The number of piperidine rings is 4. The zero-order valence-electron chi connectivity index (χ0n) is 30.4. The van der Waals surface area contributed by atoms with E-state index in [1.165, 1.54) is 10.5 Å². The Labute approximate surface area is 323 Å². The molecule has 296 valence electrons. The number of nitrogens with zero attached hydrogens (tertiary/aromatic N) is 3. The highest BCUT2D eigenvalue weighted by atomic mass is 35.5. The van der Waals surface area contributed by atoms with Crippen molar-refractivity contribution in [1.82, 2.24) is 30.7 Å². The van der Waals surface area contributed by atoms with E-state index in [0.29, 0.717) is 56.1 Å². The number of nitrogens with one attached hydrogen (secondary N) is 3. The van der Waals surface area contributed by atoms with Crippen LogP contribution >= 0.6 is 12.4 Å². The second kappa shape index (κ2) is 16.8. The lowest BCUT2D eigenvalue weighted by atomic mass is 9.88. The molecule has 2 aromatic rings. The van der Waals surface area contributed by atoms with Gasteiger partial charge in [-0.05, 0) is 111 Å². The molecule has 16 heteroatoms. The van der Waals surface area contributed by atoms with Gasteiger partial charge in [-0.3, -0.25) is 39.4 Å². The molecule has 0 aromatic heterocycles. The average molecular weight is 787 g/mol. The minimum Gasteiger partial charge on any atom is -0.322 e. The number of likely N-dealkylation sites (tertiary alicyclic amines) is 1. The Morgan fingerprint density at radius 2 is 1.09 bits per heavy atom. The van der Waals surface area contributed by atoms with Gasteiger partial charge in [0, 0.05) is 43.6 Å². The van der Waals surface area contributed by atoms with E-state index in [1.807, 2.05) is 23.1 Å². The van der Waals surface area contributed by atoms with Gasteiger partial charge in [0.2, 0.25) is 23.6 Å². The Morgan fingerprint density at radius 3 is 1.53 bits per heavy atom. The van der Waals surface area contributed by atoms with E-state index in [1.54, 1.807) is 11.0 Å². The van der Waals surface area contributed by atoms with Crippen molar-refractivity contribution in [2.24, 2.45) is 0 Å². The summed E-state index contributed by atoms with van der Waals surface area (Å²) in [5.74, 6) is -0.874. The molecule has 6 heterocycles. The fourth-order valence-corrected chi connectivity index (χ4v) is 8.63. The summed E-state index contributed by atoms with van der Waals surface area (Å²) in [5.41, 5.74) is 5.50. The molecule has 4 fully saturated rings. The first kappa shape index (κ1) is 40.3. The fraction of sp³-hybridized carbons (Fsp3) is 0.538. The first-order valence-electron chi connectivity index (χ1n) is 18.9. The number of carbonyl (C=O) groups excluding carboxylic acids is 6. The van der Waals surface area contributed by atoms with Crippen LogP contribution in [0.15, 0.2) is 36.4 Å². The number of halogens is 4. The summed E-state index contributed by atoms with van der Waals surface area (Å²) in [6.07, 6.45) is 0.118. The third-order valence-electron chi connectivity index (χ3n) is 11.7. The second-order valence-electron chi connectivity index (χ2n) is 15.1. The van der Waals surface area contributed by atoms with Crippen molar-refractivity contribution < 1.29 is 41.9 Å². The lowest BCUT2D eigenvalue weighted by Crippen LogP contribution is -2.52. The first-order valence-corrected chi connectivity index (χ1v) is 18.9. The monoisotopic (exact) mass is 786 g/mol. The third kappa shape index (κ3) is 9.05. The Bertz CT molecular complexity index is 1840. The van der Waals surface area contributed by atoms with Gasteiger partial charge in [-0.15, -0.1) is 12.4 Å². The minimum absolute atomic E-state index is 0. The normalized spacial score (nSPS) is 23.8. The molecule has 2 unspecified atom stereocenters. The molecule has 4 saturated heterocycles. The van der Waals surface area contributed by atoms with Crippen molar-refractivity contribution in [3.8, 4) is 0 Å². The molecule has 0 bridgehead atoms. The molecule has 0 radical (unpaired) electrons. The summed E-state index contributed by atoms with van der Waals surface area (Å²) in [4.78, 5) is 77.3. The zero-order valence-corrected chi connectivity index (χ0v) is 31.2. The molecule has 2 atom stereocenters. The van der Waals surface area contributed by atoms with Gasteiger partial charge in [0.1, 0.15) is 12.1 Å². The number of amides is 6. The summed E-state index contributed by atoms with van der Waals surface area (Å²) in [6.45, 7) is 4.14. The quantitative estimate of drug-likeness (QED) is 0.374. The molecule has 8 rings (SSSR count). The summed E-state index contributed by atoms with van der Waals surface area (Å²) >= 11 is 0. The average Bonchev–Trinajstić information content (AvgIpc) is 3.66. The molecule has 2 aromatic carbocycles. The Hall–Kier alpha value is -4.34. The second-order valence-corrected chi connectivity index (χ2v) is 15.1. The maximum atomic E-state index is 12.8. The van der Waals surface area contributed by atoms with Gasteiger partial charge in [0.05, 0.1) is 6.42 Å². The van der Waals surface area contributed by atoms with E-state index in [9.17, 15) is 41.9 Å². The molecule has 12 nitrogen and oxygen atoms in total. The summed E-state index contributed by atoms with van der Waals surface area (Å²) < 4.78 is 37.3. The molecule has 6 aliphatic heterocycles. The lowest BCUT2D eigenvalue weighted by Gasteiger charge is -2.32. The third-order valence-corrected chi connectivity index (χ3v) is 11.7. The van der Waals surface area contributed by atoms with Crippen molar-refractivity contribution in [1.29, 1.82) is 0 Å². The van der Waals surface area contributed by atoms with Gasteiger partial charge in [-0.2, -0.15) is 13.2 Å². The van der Waals surface area contributed by atoms with Crippen LogP contribution in [-0.2, 0) is 32.3 Å². The molecule has 0 saturated carbocycles. The highest BCUT2D eigenvalue weighted by molar-refractivity contribution is 6.06. The van der Waals surface area contributed by atoms with Gasteiger partial charge in [-0.25, -0.2) is 0 Å². The van der Waals surface area contributed by atoms with Crippen molar-refractivity contribution >= 4 is 47.9 Å². The van der Waals surface area contributed by atoms with E-state index in [2.05, 4.69) is 28.1 Å². The summed E-state index contributed by atoms with van der Waals surface area (Å²) in [6, 6.07) is 10.6. The van der Waals surface area contributed by atoms with E-state index < -0.39 is 30.6 Å². The van der Waals surface area contributed by atoms with Gasteiger partial charge < -0.3 is 20.0 Å². The molecule has 0 aliphatic carbocycles. The number of imide groups is 2. The molecule has 55 heavy (non-hydrogen) atoms. The van der Waals surface area contributed by atoms with Gasteiger partial charge in [-0.1, -0.05) is 24.3 Å². The summed E-state index contributed by atoms with van der Waals surface area (Å²) in [7, 11) is 0. The number of rotatable bonds is 6. The number of fused-ring (bicyclic) bond motifs is 2. The van der Waals surface area contributed by atoms with Crippen LogP contribution in [-0.4, -0.2) is 101 Å². The SMILES string of the molecule is Cl.O=C1CCC(N2Cc3cc(C4CCN(CCC(F)(F)F)CC4)ccc3C2=O)C(=O)N1.O=C1CCC(N2Cc3cc(C4CCNCC4)ccc3C2=O)C(=O)N1. The Balaban J connectivity index is 0.000000188. The highest BCUT2D eigenvalue weighted by Crippen LogP contribution is 2.35. The van der Waals surface area contributed by atoms with Crippen LogP contribution in [0.1, 0.15) is 113 Å². The Kier molecular flexibility index (Phi) is 12.3. The molecular formula is C39H46ClF3N6O6. The largest absolute Gasteiger partial charge is 0.390 e. The summed E-state index contributed by atoms with van der Waals surface area (Å²) in [5, 5.41) is 8.00. The van der Waals surface area contributed by atoms with Gasteiger partial charge in [0.15, 0.2) is 0 Å². The predicted molar refractivity (Wildman–Crippen MR) is 196 cm³/mol. The van der Waals surface area contributed by atoms with Crippen LogP contribution in [0.4, 0.5) is 13.2 Å². The highest BCUT2D eigenvalue weighted by Gasteiger charge is 2.41. The standard InChI is InChI=1S/C21H24F3N3O3.C18H21N3O3.ClH/c22-21(23,24)7-10-26-8-5-13(6-9-26)14-1-2-16-15(11-14)12-27(20(16)30)17-3-4-18(28)25-19(17)29;22-16-4-3-15(17(23)20-16)21-10-13-9-12(1-2-14(13)18(21)24)11-5-7-19-8-6-11;/h1-2,11,13,17H,3-10,12H2,(H,25,28,29);1-2,9,11,15,19H,3-8,10H2,(H,20,22,23);1H. The number of carbonyl (C=O) groups is 6. The molecule has 0 spiro atoms. The number of hydrogen-bond acceptors (Lipinski definition) is 8. The van der Waals surface area contributed by atoms with Gasteiger partial charge in [0.25, 0.3) is 11.8 Å². The van der Waals surface area contributed by atoms with Crippen molar-refractivity contribution in [3.63, 3.8) is 0 Å². The van der Waals surface area contributed by atoms with Crippen LogP contribution in [0, 0.1) is 0 Å². The zero-order chi connectivity index (χ0) is 38.1. The van der Waals surface area contributed by atoms with Crippen LogP contribution in [0.5, 0.6) is 0 Å². The van der Waals surface area contributed by atoms with Crippen molar-refractivity contribution in [2.75, 3.05) is 32.7 Å². The fourth-order valence-electron chi connectivity index (χ4n) is 8.63. The van der Waals surface area contributed by atoms with E-state index >= 15 is 0 Å². The number of benzene rings is 2. The van der Waals surface area contributed by atoms with E-state index in [-0.39, 0.29) is 67.2 Å². The Morgan fingerprint density at radius 1 is 0.636 bits per heavy atom. The predicted octanol–water partition coefficient (Wildman–Crippen LogP) is 3.92. The molecule has 6 aliphatic rings. The maximum absolute atomic E-state index is 12.8. The van der Waals surface area contributed by atoms with Crippen molar-refractivity contribution in [2.45, 2.75) is 101 Å². The van der Waals surface area contributed by atoms with Crippen LogP contribution in [0.3, 0.4) is 0 Å². The molecule has 3 N–H and O–H groups in total. The lowest BCUT2D eigenvalue weighted by molar-refractivity contribution is -0.139. The maximum Gasteiger partial charge on any atom is 0.390 e. The van der Waals surface area contributed by atoms with Crippen molar-refractivity contribution in [3.05, 3.63) is 69.8 Å². The first-order chi connectivity index (χ1) is 25.8. The van der Waals surface area contributed by atoms with Crippen LogP contribution in [0.25, 0.3) is 0 Å². The van der Waals surface area contributed by atoms with Crippen LogP contribution < -0.4 is 16.0 Å². The molecular weight excluding hydrogens is 741 g/mol. The van der Waals surface area contributed by atoms with E-state index in [4.69, 9.17) is 0 Å². The topological polar surface area (TPSA) is 148 Å². The minimum atomic E-state index is -4.13. The number of hydrogen-bond donors (Lipinski definition) is 3. The van der Waals surface area contributed by atoms with Crippen LogP contribution in [0.2, 0.25) is 0 Å². The number of alkyl halides is 3. The smallest absolute Gasteiger partial charge is 0.322 e. The van der Waals surface area contributed by atoms with E-state index in [0.717, 1.165) is 55.5 Å². The molecule has 6 amide bonds.